The van der Waals surface area contributed by atoms with E-state index in [1.54, 1.807) is 20.8 Å². The predicted molar refractivity (Wildman–Crippen MR) is 104 cm³/mol. The van der Waals surface area contributed by atoms with Crippen LogP contribution in [0, 0.1) is 5.92 Å². The first-order valence-electron chi connectivity index (χ1n) is 9.31. The summed E-state index contributed by atoms with van der Waals surface area (Å²) in [6.45, 7) is 8.69. The summed E-state index contributed by atoms with van der Waals surface area (Å²) in [5.41, 5.74) is 0.156. The summed E-state index contributed by atoms with van der Waals surface area (Å²) in [4.78, 5) is 37.8. The molecule has 7 nitrogen and oxygen atoms in total. The van der Waals surface area contributed by atoms with Crippen molar-refractivity contribution in [1.82, 2.24) is 4.90 Å². The van der Waals surface area contributed by atoms with Crippen LogP contribution >= 0.6 is 0 Å². The quantitative estimate of drug-likeness (QED) is 0.496. The molecule has 0 aliphatic heterocycles. The van der Waals surface area contributed by atoms with Gasteiger partial charge in [-0.3, -0.25) is 4.90 Å². The molecular weight excluding hydrogens is 362 g/mol. The second-order valence-electron chi connectivity index (χ2n) is 7.99. The average Bonchev–Trinajstić information content (AvgIpc) is 2.61. The lowest BCUT2D eigenvalue weighted by Crippen LogP contribution is -2.46. The van der Waals surface area contributed by atoms with Gasteiger partial charge in [0.25, 0.3) is 0 Å². The van der Waals surface area contributed by atoms with E-state index >= 15 is 0 Å². The molecule has 0 aliphatic carbocycles. The fourth-order valence-electron chi connectivity index (χ4n) is 2.33. The Morgan fingerprint density at radius 2 is 1.64 bits per heavy atom. The molecule has 0 unspecified atom stereocenters. The van der Waals surface area contributed by atoms with Crippen molar-refractivity contribution in [3.8, 4) is 0 Å². The molecule has 0 aromatic heterocycles. The molecule has 0 fully saturated rings. The number of carbonyl (C=O) groups is 3. The smallest absolute Gasteiger partial charge is 0.410 e. The monoisotopic (exact) mass is 393 g/mol. The van der Waals surface area contributed by atoms with Gasteiger partial charge in [0.05, 0.1) is 0 Å². The molecule has 0 radical (unpaired) electrons. The van der Waals surface area contributed by atoms with Crippen LogP contribution in [0.5, 0.6) is 0 Å². The zero-order chi connectivity index (χ0) is 21.3. The summed E-state index contributed by atoms with van der Waals surface area (Å²) in [5, 5.41) is 0. The summed E-state index contributed by atoms with van der Waals surface area (Å²) >= 11 is 0. The summed E-state index contributed by atoms with van der Waals surface area (Å²) in [7, 11) is 1.48. The number of rotatable bonds is 8. The van der Waals surface area contributed by atoms with Crippen LogP contribution in [-0.4, -0.2) is 48.2 Å². The Morgan fingerprint density at radius 1 is 1.04 bits per heavy atom. The van der Waals surface area contributed by atoms with Gasteiger partial charge in [0.1, 0.15) is 18.2 Å². The van der Waals surface area contributed by atoms with E-state index < -0.39 is 36.3 Å². The molecule has 0 N–H and O–H groups in total. The third kappa shape index (κ3) is 8.88. The van der Waals surface area contributed by atoms with E-state index in [4.69, 9.17) is 14.2 Å². The maximum Gasteiger partial charge on any atom is 0.410 e. The molecule has 0 heterocycles. The molecule has 0 aliphatic rings. The fourth-order valence-corrected chi connectivity index (χ4v) is 2.33. The Hall–Kier alpha value is -2.57. The minimum Gasteiger partial charge on any atom is -0.458 e. The number of likely N-dealkylation sites (N-methyl/N-ethyl adjacent to an activating group) is 1. The predicted octanol–water partition coefficient (Wildman–Crippen LogP) is 3.55. The van der Waals surface area contributed by atoms with Gasteiger partial charge in [0, 0.05) is 7.05 Å². The lowest BCUT2D eigenvalue weighted by Gasteiger charge is -2.30. The molecule has 28 heavy (non-hydrogen) atoms. The number of amides is 1. The van der Waals surface area contributed by atoms with Crippen LogP contribution in [0.3, 0.4) is 0 Å². The number of carbonyl (C=O) groups excluding carboxylic acids is 3. The second kappa shape index (κ2) is 10.7. The molecule has 7 heteroatoms. The van der Waals surface area contributed by atoms with E-state index in [0.717, 1.165) is 5.56 Å². The van der Waals surface area contributed by atoms with Gasteiger partial charge < -0.3 is 14.2 Å². The van der Waals surface area contributed by atoms with Gasteiger partial charge >= 0.3 is 18.0 Å². The lowest BCUT2D eigenvalue weighted by atomic mass is 10.0. The molecule has 1 atom stereocenters. The summed E-state index contributed by atoms with van der Waals surface area (Å²) in [5.74, 6) is -1.19. The van der Waals surface area contributed by atoms with E-state index in [0.29, 0.717) is 6.42 Å². The van der Waals surface area contributed by atoms with Crippen molar-refractivity contribution in [3.63, 3.8) is 0 Å². The number of esters is 2. The van der Waals surface area contributed by atoms with E-state index in [1.807, 2.05) is 44.2 Å². The number of hydrogen-bond acceptors (Lipinski definition) is 6. The van der Waals surface area contributed by atoms with Crippen molar-refractivity contribution >= 4 is 18.0 Å². The molecule has 1 aromatic carbocycles. The zero-order valence-electron chi connectivity index (χ0n) is 17.6. The number of benzene rings is 1. The minimum atomic E-state index is -0.850. The Morgan fingerprint density at radius 3 is 2.18 bits per heavy atom. The van der Waals surface area contributed by atoms with E-state index in [-0.39, 0.29) is 12.5 Å². The van der Waals surface area contributed by atoms with E-state index in [1.165, 1.54) is 11.9 Å². The Balaban J connectivity index is 2.61. The average molecular weight is 393 g/mol. The molecule has 1 amide bonds. The molecular formula is C21H31NO6. The zero-order valence-corrected chi connectivity index (χ0v) is 17.6. The largest absolute Gasteiger partial charge is 0.458 e. The highest BCUT2D eigenvalue weighted by Crippen LogP contribution is 2.16. The van der Waals surface area contributed by atoms with Crippen LogP contribution in [0.15, 0.2) is 30.3 Å². The summed E-state index contributed by atoms with van der Waals surface area (Å²) in [6, 6.07) is 8.35. The SMILES string of the molecule is CC(C)C[C@@H](C(=O)OCC(=O)OCc1ccccc1)N(C)C(=O)OC(C)(C)C. The molecule has 1 rings (SSSR count). The van der Waals surface area contributed by atoms with Crippen LogP contribution < -0.4 is 0 Å². The molecule has 0 saturated heterocycles. The highest BCUT2D eigenvalue weighted by atomic mass is 16.6. The Kier molecular flexibility index (Phi) is 8.96. The lowest BCUT2D eigenvalue weighted by molar-refractivity contribution is -0.162. The third-order valence-corrected chi connectivity index (χ3v) is 3.69. The van der Waals surface area contributed by atoms with Gasteiger partial charge in [-0.2, -0.15) is 0 Å². The number of nitrogens with zero attached hydrogens (tertiary/aromatic N) is 1. The normalized spacial score (nSPS) is 12.2. The molecule has 1 aromatic rings. The second-order valence-corrected chi connectivity index (χ2v) is 7.99. The van der Waals surface area contributed by atoms with Gasteiger partial charge in [0.15, 0.2) is 6.61 Å². The molecule has 0 spiro atoms. The van der Waals surface area contributed by atoms with Crippen molar-refractivity contribution in [2.75, 3.05) is 13.7 Å². The Bertz CT molecular complexity index is 651. The molecule has 0 saturated carbocycles. The van der Waals surface area contributed by atoms with Crippen LogP contribution in [0.2, 0.25) is 0 Å². The first-order chi connectivity index (χ1) is 13.0. The van der Waals surface area contributed by atoms with Crippen molar-refractivity contribution in [1.29, 1.82) is 0 Å². The van der Waals surface area contributed by atoms with E-state index in [9.17, 15) is 14.4 Å². The van der Waals surface area contributed by atoms with Crippen LogP contribution in [0.1, 0.15) is 46.6 Å². The van der Waals surface area contributed by atoms with Crippen LogP contribution in [-0.2, 0) is 30.4 Å². The topological polar surface area (TPSA) is 82.1 Å². The van der Waals surface area contributed by atoms with Crippen LogP contribution in [0.4, 0.5) is 4.79 Å². The first-order valence-corrected chi connectivity index (χ1v) is 9.31. The van der Waals surface area contributed by atoms with Gasteiger partial charge in [0.2, 0.25) is 0 Å². The van der Waals surface area contributed by atoms with Gasteiger partial charge in [-0.15, -0.1) is 0 Å². The standard InChI is InChI=1S/C21H31NO6/c1-15(2)12-17(22(6)20(25)28-21(3,4)5)19(24)27-14-18(23)26-13-16-10-8-7-9-11-16/h7-11,15,17H,12-14H2,1-6H3/t17-/m0/s1. The highest BCUT2D eigenvalue weighted by molar-refractivity contribution is 5.83. The van der Waals surface area contributed by atoms with Crippen molar-refractivity contribution in [2.45, 2.75) is 59.3 Å². The number of ether oxygens (including phenoxy) is 3. The van der Waals surface area contributed by atoms with E-state index in [2.05, 4.69) is 0 Å². The minimum absolute atomic E-state index is 0.102. The third-order valence-electron chi connectivity index (χ3n) is 3.69. The highest BCUT2D eigenvalue weighted by Gasteiger charge is 2.32. The number of hydrogen-bond donors (Lipinski definition) is 0. The summed E-state index contributed by atoms with van der Waals surface area (Å²) < 4.78 is 15.5. The Labute approximate surface area is 166 Å². The molecule has 156 valence electrons. The van der Waals surface area contributed by atoms with Gasteiger partial charge in [-0.25, -0.2) is 14.4 Å². The van der Waals surface area contributed by atoms with Crippen molar-refractivity contribution < 1.29 is 28.6 Å². The van der Waals surface area contributed by atoms with Gasteiger partial charge in [-0.05, 0) is 38.7 Å². The summed E-state index contributed by atoms with van der Waals surface area (Å²) in [6.07, 6.45) is -0.241. The maximum atomic E-state index is 12.5. The van der Waals surface area contributed by atoms with Crippen molar-refractivity contribution in [2.24, 2.45) is 5.92 Å². The molecule has 0 bridgehead atoms. The van der Waals surface area contributed by atoms with Gasteiger partial charge in [-0.1, -0.05) is 44.2 Å². The fraction of sp³-hybridized carbons (Fsp3) is 0.571. The first kappa shape index (κ1) is 23.5. The van der Waals surface area contributed by atoms with Crippen molar-refractivity contribution in [3.05, 3.63) is 35.9 Å². The van der Waals surface area contributed by atoms with Crippen LogP contribution in [0.25, 0.3) is 0 Å². The maximum absolute atomic E-state index is 12.5.